The number of ether oxygens (including phenoxy) is 2. The van der Waals surface area contributed by atoms with Crippen LogP contribution in [0.1, 0.15) is 82.6 Å². The molecule has 1 aliphatic heterocycles. The summed E-state index contributed by atoms with van der Waals surface area (Å²) in [5, 5.41) is 9.10. The molecule has 5 saturated carbocycles. The Morgan fingerprint density at radius 2 is 1.63 bits per heavy atom. The van der Waals surface area contributed by atoms with Gasteiger partial charge >= 0.3 is 0 Å². The summed E-state index contributed by atoms with van der Waals surface area (Å²) in [5.41, 5.74) is 1.38. The van der Waals surface area contributed by atoms with Crippen LogP contribution in [0.3, 0.4) is 0 Å². The van der Waals surface area contributed by atoms with Crippen molar-refractivity contribution in [1.29, 1.82) is 0 Å². The van der Waals surface area contributed by atoms with Gasteiger partial charge in [0.25, 0.3) is 0 Å². The molecule has 6 aliphatic rings. The van der Waals surface area contributed by atoms with Crippen LogP contribution >= 0.6 is 0 Å². The van der Waals surface area contributed by atoms with E-state index in [9.17, 15) is 0 Å². The third-order valence-electron chi connectivity index (χ3n) is 9.80. The first kappa shape index (κ1) is 24.2. The maximum absolute atomic E-state index is 9.10. The van der Waals surface area contributed by atoms with Gasteiger partial charge in [-0.25, -0.2) is 0 Å². The van der Waals surface area contributed by atoms with Crippen LogP contribution in [0, 0.1) is 23.7 Å². The largest absolute Gasteiger partial charge is 0.494 e. The molecule has 5 aliphatic carbocycles. The molecule has 1 saturated heterocycles. The van der Waals surface area contributed by atoms with Gasteiger partial charge in [-0.15, -0.1) is 0 Å². The molecule has 6 fully saturated rings. The lowest BCUT2D eigenvalue weighted by Crippen LogP contribution is -2.59. The second-order valence-electron chi connectivity index (χ2n) is 11.9. The molecule has 0 aromatic heterocycles. The topological polar surface area (TPSA) is 60.4 Å². The molecule has 1 aromatic rings. The number of likely N-dealkylation sites (N-methyl/N-ethyl adjacent to an activating group) is 1. The van der Waals surface area contributed by atoms with Crippen molar-refractivity contribution in [3.05, 3.63) is 29.8 Å². The zero-order valence-corrected chi connectivity index (χ0v) is 21.3. The third-order valence-corrected chi connectivity index (χ3v) is 9.80. The minimum atomic E-state index is -0.530. The number of rotatable bonds is 9. The molecular weight excluding hydrogens is 442 g/mol. The summed E-state index contributed by atoms with van der Waals surface area (Å²) in [4.78, 5) is 14.5. The molecular formula is C29H43NO5. The Kier molecular flexibility index (Phi) is 6.87. The molecule has 1 aromatic carbocycles. The molecule has 35 heavy (non-hydrogen) atoms. The molecule has 0 radical (unpaired) electrons. The highest BCUT2D eigenvalue weighted by Gasteiger charge is 2.66. The number of hydrogen-bond acceptors (Lipinski definition) is 6. The summed E-state index contributed by atoms with van der Waals surface area (Å²) >= 11 is 0. The second kappa shape index (κ2) is 9.94. The normalized spacial score (nSPS) is 39.8. The first-order valence-corrected chi connectivity index (χ1v) is 14.2. The fraction of sp³-hybridized carbons (Fsp3) is 0.793. The van der Waals surface area contributed by atoms with E-state index in [4.69, 9.17) is 24.4 Å². The van der Waals surface area contributed by atoms with E-state index < -0.39 is 11.6 Å². The number of aliphatic hydroxyl groups excluding tert-OH is 1. The van der Waals surface area contributed by atoms with Crippen molar-refractivity contribution < 1.29 is 24.4 Å². The molecule has 0 amide bonds. The first-order valence-electron chi connectivity index (χ1n) is 14.2. The van der Waals surface area contributed by atoms with Crippen molar-refractivity contribution in [2.75, 3.05) is 32.8 Å². The lowest BCUT2D eigenvalue weighted by atomic mass is 9.53. The highest BCUT2D eigenvalue weighted by molar-refractivity contribution is 5.30. The lowest BCUT2D eigenvalue weighted by Gasteiger charge is -2.57. The third kappa shape index (κ3) is 4.66. The van der Waals surface area contributed by atoms with E-state index in [1.165, 1.54) is 37.7 Å². The summed E-state index contributed by atoms with van der Waals surface area (Å²) in [6.45, 7) is 5.69. The van der Waals surface area contributed by atoms with E-state index in [0.29, 0.717) is 24.4 Å². The Hall–Kier alpha value is -1.18. The Morgan fingerprint density at radius 3 is 2.26 bits per heavy atom. The lowest BCUT2D eigenvalue weighted by molar-refractivity contribution is -0.390. The Bertz CT molecular complexity index is 821. The van der Waals surface area contributed by atoms with Crippen molar-refractivity contribution in [2.45, 2.75) is 88.6 Å². The van der Waals surface area contributed by atoms with Crippen LogP contribution in [0.5, 0.6) is 5.75 Å². The molecule has 2 spiro atoms. The van der Waals surface area contributed by atoms with E-state index in [2.05, 4.69) is 36.1 Å². The summed E-state index contributed by atoms with van der Waals surface area (Å²) < 4.78 is 12.8. The van der Waals surface area contributed by atoms with Crippen LogP contribution in [0.4, 0.5) is 0 Å². The Morgan fingerprint density at radius 1 is 0.943 bits per heavy atom. The number of benzene rings is 1. The van der Waals surface area contributed by atoms with Gasteiger partial charge in [-0.3, -0.25) is 0 Å². The quantitative estimate of drug-likeness (QED) is 0.381. The Balaban J connectivity index is 0.989. The van der Waals surface area contributed by atoms with Crippen molar-refractivity contribution in [2.24, 2.45) is 23.7 Å². The minimum absolute atomic E-state index is 0.215. The fourth-order valence-corrected chi connectivity index (χ4v) is 8.07. The predicted molar refractivity (Wildman–Crippen MR) is 133 cm³/mol. The zero-order valence-electron chi connectivity index (χ0n) is 21.3. The number of hydrogen-bond donors (Lipinski definition) is 1. The first-order chi connectivity index (χ1) is 17.1. The van der Waals surface area contributed by atoms with Crippen LogP contribution in [-0.4, -0.2) is 54.4 Å². The molecule has 4 bridgehead atoms. The highest BCUT2D eigenvalue weighted by atomic mass is 17.3. The SMILES string of the molecule is CCN(CCO)CCCOc1ccc(C2CCC3(CC2)OOC2(O3)C3CC4CC(C3)CC2C4)cc1. The van der Waals surface area contributed by atoms with E-state index in [1.54, 1.807) is 0 Å². The van der Waals surface area contributed by atoms with E-state index in [0.717, 1.165) is 69.3 Å². The van der Waals surface area contributed by atoms with E-state index in [1.807, 2.05) is 0 Å². The molecule has 6 heteroatoms. The van der Waals surface area contributed by atoms with Crippen LogP contribution in [-0.2, 0) is 14.5 Å². The monoisotopic (exact) mass is 485 g/mol. The summed E-state index contributed by atoms with van der Waals surface area (Å²) in [6, 6.07) is 8.68. The molecule has 6 nitrogen and oxygen atoms in total. The van der Waals surface area contributed by atoms with Gasteiger partial charge < -0.3 is 19.5 Å². The maximum Gasteiger partial charge on any atom is 0.210 e. The smallest absolute Gasteiger partial charge is 0.210 e. The number of aliphatic hydroxyl groups is 1. The molecule has 7 rings (SSSR count). The summed E-state index contributed by atoms with van der Waals surface area (Å²) in [7, 11) is 0. The van der Waals surface area contributed by atoms with Gasteiger partial charge in [0.1, 0.15) is 5.75 Å². The van der Waals surface area contributed by atoms with Gasteiger partial charge in [-0.2, -0.15) is 9.78 Å². The van der Waals surface area contributed by atoms with Crippen LogP contribution in [0.15, 0.2) is 24.3 Å². The van der Waals surface area contributed by atoms with Gasteiger partial charge in [-0.1, -0.05) is 19.1 Å². The van der Waals surface area contributed by atoms with E-state index >= 15 is 0 Å². The average Bonchev–Trinajstić information content (AvgIpc) is 3.25. The summed E-state index contributed by atoms with van der Waals surface area (Å²) in [5.74, 6) is 3.34. The van der Waals surface area contributed by atoms with Gasteiger partial charge in [0.15, 0.2) is 0 Å². The van der Waals surface area contributed by atoms with Gasteiger partial charge in [-0.05, 0) is 93.4 Å². The second-order valence-corrected chi connectivity index (χ2v) is 11.9. The molecule has 0 atom stereocenters. The zero-order chi connectivity index (χ0) is 23.9. The van der Waals surface area contributed by atoms with Gasteiger partial charge in [0.05, 0.1) is 13.2 Å². The van der Waals surface area contributed by atoms with Crippen molar-refractivity contribution in [1.82, 2.24) is 4.90 Å². The average molecular weight is 486 g/mol. The predicted octanol–water partition coefficient (Wildman–Crippen LogP) is 5.25. The molecule has 194 valence electrons. The van der Waals surface area contributed by atoms with Gasteiger partial charge in [0, 0.05) is 37.8 Å². The standard InChI is InChI=1S/C29H43NO5/c1-2-30(13-14-31)12-3-15-32-27-6-4-23(5-7-27)24-8-10-28(11-9-24)33-29(35-34-28)25-17-21-16-22(19-25)20-26(29)18-21/h4-7,21-22,24-26,31H,2-3,8-20H2,1H3. The van der Waals surface area contributed by atoms with Crippen LogP contribution in [0.25, 0.3) is 0 Å². The molecule has 0 unspecified atom stereocenters. The summed E-state index contributed by atoms with van der Waals surface area (Å²) in [6.07, 6.45) is 11.4. The molecule has 1 heterocycles. The van der Waals surface area contributed by atoms with E-state index in [-0.39, 0.29) is 6.61 Å². The highest BCUT2D eigenvalue weighted by Crippen LogP contribution is 2.64. The van der Waals surface area contributed by atoms with Crippen LogP contribution in [0.2, 0.25) is 0 Å². The fourth-order valence-electron chi connectivity index (χ4n) is 8.07. The molecule has 1 N–H and O–H groups in total. The number of nitrogens with zero attached hydrogens (tertiary/aromatic N) is 1. The van der Waals surface area contributed by atoms with Gasteiger partial charge in [0.2, 0.25) is 11.6 Å². The van der Waals surface area contributed by atoms with Crippen molar-refractivity contribution in [3.63, 3.8) is 0 Å². The Labute approximate surface area is 210 Å². The van der Waals surface area contributed by atoms with Crippen LogP contribution < -0.4 is 4.74 Å². The maximum atomic E-state index is 9.10. The van der Waals surface area contributed by atoms with Crippen molar-refractivity contribution >= 4 is 0 Å². The minimum Gasteiger partial charge on any atom is -0.494 e. The van der Waals surface area contributed by atoms with Crippen molar-refractivity contribution in [3.8, 4) is 5.75 Å².